The summed E-state index contributed by atoms with van der Waals surface area (Å²) in [5.74, 6) is 7.52. The highest BCUT2D eigenvalue weighted by Gasteiger charge is 2.14. The Hall–Kier alpha value is -3.41. The van der Waals surface area contributed by atoms with Crippen LogP contribution in [0.25, 0.3) is 10.2 Å². The number of hydrazine groups is 1. The lowest BCUT2D eigenvalue weighted by Crippen LogP contribution is -2.31. The number of thiazole rings is 1. The Bertz CT molecular complexity index is 1140. The molecule has 0 aliphatic rings. The quantitative estimate of drug-likeness (QED) is 0.229. The number of fused-ring (bicyclic) bond motifs is 1. The van der Waals surface area contributed by atoms with Crippen LogP contribution >= 0.6 is 11.3 Å². The fraction of sp³-hybridized carbons (Fsp3) is 0.167. The van der Waals surface area contributed by atoms with E-state index in [0.29, 0.717) is 30.5 Å². The molecule has 0 saturated carbocycles. The van der Waals surface area contributed by atoms with E-state index in [1.165, 1.54) is 5.01 Å². The zero-order valence-electron chi connectivity index (χ0n) is 15.4. The molecule has 0 fully saturated rings. The molecule has 0 amide bonds. The first-order chi connectivity index (χ1) is 14.2. The second-order valence-electron chi connectivity index (χ2n) is 6.18. The molecule has 1 aromatic carbocycles. The first-order valence-electron chi connectivity index (χ1n) is 8.74. The summed E-state index contributed by atoms with van der Waals surface area (Å²) in [7, 11) is 0. The molecule has 4 rings (SSSR count). The summed E-state index contributed by atoms with van der Waals surface area (Å²) in [6, 6.07) is 6.00. The molecule has 10 nitrogen and oxygen atoms in total. The first-order valence-corrected chi connectivity index (χ1v) is 9.62. The summed E-state index contributed by atoms with van der Waals surface area (Å²) < 4.78 is 2.72. The molecule has 0 spiro atoms. The number of aliphatic hydroxyl groups excluding tert-OH is 1. The summed E-state index contributed by atoms with van der Waals surface area (Å²) in [4.78, 5) is 17.0. The van der Waals surface area contributed by atoms with E-state index >= 15 is 0 Å². The van der Waals surface area contributed by atoms with Gasteiger partial charge in [0.15, 0.2) is 17.5 Å². The summed E-state index contributed by atoms with van der Waals surface area (Å²) in [5.41, 5.74) is 4.52. The second-order valence-corrected chi connectivity index (χ2v) is 7.07. The highest BCUT2D eigenvalue weighted by atomic mass is 32.1. The molecule has 4 N–H and O–H groups in total. The zero-order valence-corrected chi connectivity index (χ0v) is 16.2. The number of aromatic nitrogens is 5. The van der Waals surface area contributed by atoms with Crippen molar-refractivity contribution in [3.05, 3.63) is 47.9 Å². The van der Waals surface area contributed by atoms with Crippen LogP contribution in [-0.2, 0) is 13.1 Å². The average Bonchev–Trinajstić information content (AvgIpc) is 3.37. The van der Waals surface area contributed by atoms with Crippen LogP contribution in [0.1, 0.15) is 5.56 Å². The minimum absolute atomic E-state index is 0.0141. The molecule has 3 heterocycles. The molecule has 148 valence electrons. The maximum atomic E-state index is 9.00. The van der Waals surface area contributed by atoms with Crippen LogP contribution in [0.3, 0.4) is 0 Å². The lowest BCUT2D eigenvalue weighted by Gasteiger charge is -2.19. The van der Waals surface area contributed by atoms with Crippen LogP contribution in [0.2, 0.25) is 0 Å². The van der Waals surface area contributed by atoms with Crippen molar-refractivity contribution in [3.63, 3.8) is 0 Å². The van der Waals surface area contributed by atoms with Crippen LogP contribution in [0.15, 0.2) is 47.3 Å². The molecule has 11 heteroatoms. The largest absolute Gasteiger partial charge is 0.394 e. The normalized spacial score (nSPS) is 11.0. The Morgan fingerprint density at radius 3 is 3.03 bits per heavy atom. The molecule has 0 bridgehead atoms. The third-order valence-electron chi connectivity index (χ3n) is 4.14. The molecule has 0 atom stereocenters. The van der Waals surface area contributed by atoms with Gasteiger partial charge in [-0.15, -0.1) is 11.3 Å². The Balaban J connectivity index is 1.55. The average molecular weight is 409 g/mol. The van der Waals surface area contributed by atoms with E-state index in [9.17, 15) is 0 Å². The van der Waals surface area contributed by atoms with Crippen molar-refractivity contribution in [1.29, 1.82) is 0 Å². The fourth-order valence-corrected chi connectivity index (χ4v) is 3.55. The molecule has 0 saturated heterocycles. The van der Waals surface area contributed by atoms with Gasteiger partial charge in [0.2, 0.25) is 0 Å². The molecule has 3 aromatic heterocycles. The van der Waals surface area contributed by atoms with Gasteiger partial charge < -0.3 is 10.4 Å². The number of nitrogens with one attached hydrogen (secondary N) is 1. The van der Waals surface area contributed by atoms with Gasteiger partial charge in [-0.05, 0) is 24.4 Å². The van der Waals surface area contributed by atoms with Crippen LogP contribution in [0.4, 0.5) is 23.1 Å². The third kappa shape index (κ3) is 4.21. The maximum absolute atomic E-state index is 9.00. The van der Waals surface area contributed by atoms with E-state index in [1.54, 1.807) is 34.6 Å². The topological polar surface area (TPSA) is 130 Å². The molecule has 0 radical (unpaired) electrons. The van der Waals surface area contributed by atoms with Crippen molar-refractivity contribution in [3.8, 4) is 0 Å². The lowest BCUT2D eigenvalue weighted by atomic mass is 10.2. The number of anilines is 3. The van der Waals surface area contributed by atoms with Gasteiger partial charge in [-0.2, -0.15) is 5.10 Å². The summed E-state index contributed by atoms with van der Waals surface area (Å²) in [5, 5.41) is 17.8. The predicted octanol–water partition coefficient (Wildman–Crippen LogP) is 2.23. The number of nitrogens with zero attached hydrogens (tertiary/aromatic N) is 7. The van der Waals surface area contributed by atoms with Crippen molar-refractivity contribution in [2.45, 2.75) is 13.1 Å². The molecule has 0 aliphatic heterocycles. The number of aliphatic hydroxyl groups is 1. The zero-order chi connectivity index (χ0) is 20.2. The van der Waals surface area contributed by atoms with Gasteiger partial charge in [-0.25, -0.2) is 25.8 Å². The van der Waals surface area contributed by atoms with Crippen LogP contribution in [0.5, 0.6) is 0 Å². The Labute approximate surface area is 170 Å². The van der Waals surface area contributed by atoms with Crippen molar-refractivity contribution >= 4 is 51.4 Å². The van der Waals surface area contributed by atoms with Crippen molar-refractivity contribution in [2.24, 2.45) is 10.8 Å². The molecule has 0 unspecified atom stereocenters. The Morgan fingerprint density at radius 1 is 1.31 bits per heavy atom. The van der Waals surface area contributed by atoms with Gasteiger partial charge in [0.1, 0.15) is 0 Å². The highest BCUT2D eigenvalue weighted by molar-refractivity contribution is 7.16. The Kier molecular flexibility index (Phi) is 5.42. The monoisotopic (exact) mass is 409 g/mol. The number of aliphatic imine (C=N–C) groups is 1. The third-order valence-corrected chi connectivity index (χ3v) is 4.93. The van der Waals surface area contributed by atoms with Gasteiger partial charge >= 0.3 is 0 Å². The van der Waals surface area contributed by atoms with Gasteiger partial charge in [0.25, 0.3) is 0 Å². The van der Waals surface area contributed by atoms with Crippen LogP contribution in [-0.4, -0.2) is 43.2 Å². The summed E-state index contributed by atoms with van der Waals surface area (Å²) >= 11 is 1.58. The molecule has 0 aliphatic carbocycles. The van der Waals surface area contributed by atoms with E-state index in [1.807, 2.05) is 17.6 Å². The summed E-state index contributed by atoms with van der Waals surface area (Å²) in [6.45, 7) is 4.40. The predicted molar refractivity (Wildman–Crippen MR) is 114 cm³/mol. The first kappa shape index (κ1) is 18.9. The van der Waals surface area contributed by atoms with Gasteiger partial charge in [0.05, 0.1) is 53.5 Å². The van der Waals surface area contributed by atoms with Gasteiger partial charge in [0, 0.05) is 6.20 Å². The number of benzene rings is 1. The number of nitrogens with two attached hydrogens (primary N) is 1. The van der Waals surface area contributed by atoms with E-state index < -0.39 is 0 Å². The molecular weight excluding hydrogens is 390 g/mol. The SMILES string of the molecule is C=Nc1ncc(Nc2cnn(CCO)c2)nc1N(N)Cc1ccc2ncsc2c1. The second kappa shape index (κ2) is 8.31. The number of rotatable bonds is 8. The van der Waals surface area contributed by atoms with Crippen molar-refractivity contribution in [1.82, 2.24) is 24.7 Å². The van der Waals surface area contributed by atoms with E-state index in [-0.39, 0.29) is 6.61 Å². The smallest absolute Gasteiger partial charge is 0.196 e. The van der Waals surface area contributed by atoms with Crippen LogP contribution in [0, 0.1) is 0 Å². The minimum atomic E-state index is 0.0141. The number of hydrogen-bond acceptors (Lipinski definition) is 10. The van der Waals surface area contributed by atoms with E-state index in [0.717, 1.165) is 21.5 Å². The highest BCUT2D eigenvalue weighted by Crippen LogP contribution is 2.27. The Morgan fingerprint density at radius 2 is 2.21 bits per heavy atom. The van der Waals surface area contributed by atoms with E-state index in [2.05, 4.69) is 43.1 Å². The fourth-order valence-electron chi connectivity index (χ4n) is 2.81. The van der Waals surface area contributed by atoms with Gasteiger partial charge in [-0.1, -0.05) is 6.07 Å². The summed E-state index contributed by atoms with van der Waals surface area (Å²) in [6.07, 6.45) is 4.96. The minimum Gasteiger partial charge on any atom is -0.394 e. The molecule has 29 heavy (non-hydrogen) atoms. The number of hydrogen-bond donors (Lipinski definition) is 3. The molecular formula is C18H19N9OS. The lowest BCUT2D eigenvalue weighted by molar-refractivity contribution is 0.269. The molecule has 4 aromatic rings. The van der Waals surface area contributed by atoms with Crippen molar-refractivity contribution < 1.29 is 5.11 Å². The van der Waals surface area contributed by atoms with Crippen molar-refractivity contribution in [2.75, 3.05) is 16.9 Å². The van der Waals surface area contributed by atoms with E-state index in [4.69, 9.17) is 10.9 Å². The van der Waals surface area contributed by atoms with Crippen LogP contribution < -0.4 is 16.2 Å². The van der Waals surface area contributed by atoms with Gasteiger partial charge in [-0.3, -0.25) is 9.69 Å². The maximum Gasteiger partial charge on any atom is 0.196 e. The standard InChI is InChI=1S/C18H19N9OS/c1-20-17-18(27(19)9-12-2-3-14-15(6-12)29-11-22-14)25-16(8-21-17)24-13-7-23-26(10-13)4-5-28/h2-3,6-8,10-11,28H,1,4-5,9,19H2,(H,24,25).